The Morgan fingerprint density at radius 3 is 2.82 bits per heavy atom. The van der Waals surface area contributed by atoms with E-state index in [-0.39, 0.29) is 5.97 Å². The Hall–Kier alpha value is -3.61. The van der Waals surface area contributed by atoms with Gasteiger partial charge in [0.15, 0.2) is 0 Å². The summed E-state index contributed by atoms with van der Waals surface area (Å²) in [5, 5.41) is 4.25. The van der Waals surface area contributed by atoms with Gasteiger partial charge >= 0.3 is 5.97 Å². The molecule has 3 heterocycles. The van der Waals surface area contributed by atoms with Crippen molar-refractivity contribution in [1.29, 1.82) is 0 Å². The summed E-state index contributed by atoms with van der Waals surface area (Å²) in [6, 6.07) is 10.9. The zero-order valence-corrected chi connectivity index (χ0v) is 15.9. The molecule has 0 saturated carbocycles. The van der Waals surface area contributed by atoms with Crippen LogP contribution in [0.15, 0.2) is 53.4 Å². The van der Waals surface area contributed by atoms with Crippen LogP contribution in [0.25, 0.3) is 11.0 Å². The van der Waals surface area contributed by atoms with Gasteiger partial charge in [0.05, 0.1) is 30.9 Å². The van der Waals surface area contributed by atoms with Crippen LogP contribution in [0.4, 0.5) is 11.5 Å². The molecule has 0 unspecified atom stereocenters. The summed E-state index contributed by atoms with van der Waals surface area (Å²) in [5.74, 6) is 1.16. The lowest BCUT2D eigenvalue weighted by molar-refractivity contribution is 0.0601. The molecule has 0 aliphatic rings. The van der Waals surface area contributed by atoms with Gasteiger partial charge in [0.25, 0.3) is 0 Å². The third kappa shape index (κ3) is 3.11. The average Bonchev–Trinajstić information content (AvgIpc) is 3.31. The number of carbonyl (C=O) groups excluding carboxylic acids is 1. The van der Waals surface area contributed by atoms with Gasteiger partial charge in [-0.15, -0.1) is 0 Å². The average molecular weight is 376 g/mol. The van der Waals surface area contributed by atoms with Gasteiger partial charge in [-0.2, -0.15) is 0 Å². The molecule has 142 valence electrons. The summed E-state index contributed by atoms with van der Waals surface area (Å²) in [6.07, 6.45) is 3.20. The van der Waals surface area contributed by atoms with Gasteiger partial charge in [-0.3, -0.25) is 0 Å². The van der Waals surface area contributed by atoms with Crippen LogP contribution in [0.5, 0.6) is 0 Å². The Balaban J connectivity index is 1.76. The molecule has 0 aliphatic heterocycles. The lowest BCUT2D eigenvalue weighted by Crippen LogP contribution is -2.03. The molecule has 0 amide bonds. The third-order valence-electron chi connectivity index (χ3n) is 4.85. The fourth-order valence-corrected chi connectivity index (χ4v) is 3.29. The van der Waals surface area contributed by atoms with Crippen molar-refractivity contribution in [3.8, 4) is 0 Å². The van der Waals surface area contributed by atoms with Gasteiger partial charge < -0.3 is 19.0 Å². The zero-order valence-electron chi connectivity index (χ0n) is 15.9. The highest BCUT2D eigenvalue weighted by Gasteiger charge is 2.17. The molecule has 0 bridgehead atoms. The number of nitrogens with one attached hydrogen (secondary N) is 1. The highest BCUT2D eigenvalue weighted by molar-refractivity contribution is 5.94. The van der Waals surface area contributed by atoms with Crippen molar-refractivity contribution in [1.82, 2.24) is 14.5 Å². The summed E-state index contributed by atoms with van der Waals surface area (Å²) >= 11 is 0. The van der Waals surface area contributed by atoms with Crippen molar-refractivity contribution in [2.45, 2.75) is 20.4 Å². The number of rotatable bonds is 5. The van der Waals surface area contributed by atoms with Gasteiger partial charge in [-0.05, 0) is 49.7 Å². The summed E-state index contributed by atoms with van der Waals surface area (Å²) < 4.78 is 12.4. The number of esters is 1. The third-order valence-corrected chi connectivity index (χ3v) is 4.85. The molecule has 28 heavy (non-hydrogen) atoms. The van der Waals surface area contributed by atoms with Gasteiger partial charge in [0.2, 0.25) is 0 Å². The standard InChI is InChI=1S/C21H20N4O3/c1-13-14(2)25(11-17-8-5-9-28-17)20-18(13)19(22-12-23-20)24-16-7-4-6-15(10-16)21(26)27-3/h4-10,12H,11H2,1-3H3,(H,22,23,24). The van der Waals surface area contributed by atoms with Gasteiger partial charge in [0, 0.05) is 11.4 Å². The number of fused-ring (bicyclic) bond motifs is 1. The smallest absolute Gasteiger partial charge is 0.337 e. The van der Waals surface area contributed by atoms with Gasteiger partial charge in [-0.25, -0.2) is 14.8 Å². The molecule has 0 fully saturated rings. The molecular weight excluding hydrogens is 356 g/mol. The van der Waals surface area contributed by atoms with Crippen molar-refractivity contribution in [3.05, 3.63) is 71.6 Å². The lowest BCUT2D eigenvalue weighted by Gasteiger charge is -2.09. The number of ether oxygens (including phenoxy) is 1. The number of nitrogens with zero attached hydrogens (tertiary/aromatic N) is 3. The predicted octanol–water partition coefficient (Wildman–Crippen LogP) is 4.22. The first-order chi connectivity index (χ1) is 13.6. The van der Waals surface area contributed by atoms with Crippen LogP contribution in [0.1, 0.15) is 27.4 Å². The lowest BCUT2D eigenvalue weighted by atomic mass is 10.2. The maximum Gasteiger partial charge on any atom is 0.337 e. The van der Waals surface area contributed by atoms with Crippen LogP contribution >= 0.6 is 0 Å². The van der Waals surface area contributed by atoms with E-state index in [0.717, 1.165) is 33.7 Å². The fourth-order valence-electron chi connectivity index (χ4n) is 3.29. The molecule has 3 aromatic heterocycles. The van der Waals surface area contributed by atoms with Crippen LogP contribution in [-0.2, 0) is 11.3 Å². The van der Waals surface area contributed by atoms with E-state index in [1.54, 1.807) is 24.5 Å². The van der Waals surface area contributed by atoms with Crippen LogP contribution in [0.2, 0.25) is 0 Å². The van der Waals surface area contributed by atoms with Crippen molar-refractivity contribution in [2.24, 2.45) is 0 Å². The SMILES string of the molecule is COC(=O)c1cccc(Nc2ncnc3c2c(C)c(C)n3Cc2ccco2)c1. The predicted molar refractivity (Wildman–Crippen MR) is 106 cm³/mol. The Labute approximate surface area is 162 Å². The van der Waals surface area contributed by atoms with Crippen molar-refractivity contribution < 1.29 is 13.9 Å². The number of anilines is 2. The topological polar surface area (TPSA) is 82.2 Å². The highest BCUT2D eigenvalue weighted by atomic mass is 16.5. The van der Waals surface area contributed by atoms with Crippen LogP contribution < -0.4 is 5.32 Å². The van der Waals surface area contributed by atoms with E-state index in [2.05, 4.69) is 33.7 Å². The number of benzene rings is 1. The van der Waals surface area contributed by atoms with E-state index in [9.17, 15) is 4.79 Å². The summed E-state index contributed by atoms with van der Waals surface area (Å²) in [5.41, 5.74) is 4.24. The molecule has 0 atom stereocenters. The van der Waals surface area contributed by atoms with E-state index >= 15 is 0 Å². The summed E-state index contributed by atoms with van der Waals surface area (Å²) in [4.78, 5) is 20.7. The van der Waals surface area contributed by atoms with Crippen molar-refractivity contribution >= 4 is 28.5 Å². The quantitative estimate of drug-likeness (QED) is 0.525. The minimum atomic E-state index is -0.381. The second kappa shape index (κ2) is 7.19. The molecule has 1 aromatic carbocycles. The van der Waals surface area contributed by atoms with Crippen LogP contribution in [0, 0.1) is 13.8 Å². The van der Waals surface area contributed by atoms with Crippen molar-refractivity contribution in [2.75, 3.05) is 12.4 Å². The largest absolute Gasteiger partial charge is 0.467 e. The van der Waals surface area contributed by atoms with Crippen molar-refractivity contribution in [3.63, 3.8) is 0 Å². The van der Waals surface area contributed by atoms with E-state index in [1.807, 2.05) is 18.2 Å². The molecule has 0 saturated heterocycles. The molecule has 0 radical (unpaired) electrons. The first-order valence-electron chi connectivity index (χ1n) is 8.86. The van der Waals surface area contributed by atoms with Crippen LogP contribution in [-0.4, -0.2) is 27.6 Å². The number of furan rings is 1. The number of methoxy groups -OCH3 is 1. The highest BCUT2D eigenvalue weighted by Crippen LogP contribution is 2.31. The summed E-state index contributed by atoms with van der Waals surface area (Å²) in [7, 11) is 1.37. The summed E-state index contributed by atoms with van der Waals surface area (Å²) in [6.45, 7) is 4.70. The Morgan fingerprint density at radius 1 is 1.21 bits per heavy atom. The van der Waals surface area contributed by atoms with E-state index in [0.29, 0.717) is 17.9 Å². The van der Waals surface area contributed by atoms with Crippen LogP contribution in [0.3, 0.4) is 0 Å². The fraction of sp³-hybridized carbons (Fsp3) is 0.190. The monoisotopic (exact) mass is 376 g/mol. The van der Waals surface area contributed by atoms with Gasteiger partial charge in [-0.1, -0.05) is 6.07 Å². The normalized spacial score (nSPS) is 11.0. The molecule has 4 aromatic rings. The van der Waals surface area contributed by atoms with E-state index in [4.69, 9.17) is 9.15 Å². The molecule has 7 nitrogen and oxygen atoms in total. The first kappa shape index (κ1) is 17.8. The maximum atomic E-state index is 11.8. The second-order valence-corrected chi connectivity index (χ2v) is 6.49. The Morgan fingerprint density at radius 2 is 2.07 bits per heavy atom. The number of carbonyl (C=O) groups is 1. The molecule has 7 heteroatoms. The zero-order chi connectivity index (χ0) is 19.7. The minimum absolute atomic E-state index is 0.381. The van der Waals surface area contributed by atoms with E-state index < -0.39 is 0 Å². The number of aryl methyl sites for hydroxylation is 1. The Kier molecular flexibility index (Phi) is 4.57. The number of hydrogen-bond donors (Lipinski definition) is 1. The molecule has 0 spiro atoms. The molecule has 1 N–H and O–H groups in total. The number of aromatic nitrogens is 3. The molecular formula is C21H20N4O3. The molecule has 0 aliphatic carbocycles. The minimum Gasteiger partial charge on any atom is -0.467 e. The van der Waals surface area contributed by atoms with E-state index in [1.165, 1.54) is 13.4 Å². The first-order valence-corrected chi connectivity index (χ1v) is 8.86. The Bertz CT molecular complexity index is 1150. The second-order valence-electron chi connectivity index (χ2n) is 6.49. The molecule has 4 rings (SSSR count). The number of hydrogen-bond acceptors (Lipinski definition) is 6. The van der Waals surface area contributed by atoms with Gasteiger partial charge in [0.1, 0.15) is 23.6 Å². The maximum absolute atomic E-state index is 11.8.